The topological polar surface area (TPSA) is 109 Å². The standard InChI is InChI=1S/C31H39ClN4O4S/c1-22-31(41-21-36-22)25-14-12-23(13-15-25)27(35-20-38)18-29(39)34-16-5-3-4-8-24-9-6-11-28(30(24)32)40-19-26(33-2)10-7-17-37/h6,9,11-15,17,20-21,26-27,33H,3-5,7-8,10,16,18-19H2,1-2H3,(H,34,39)(H,35,38). The molecule has 2 amide bonds. The van der Waals surface area contributed by atoms with Gasteiger partial charge in [-0.2, -0.15) is 0 Å². The number of hydrogen-bond donors (Lipinski definition) is 3. The van der Waals surface area contributed by atoms with E-state index in [9.17, 15) is 14.4 Å². The highest BCUT2D eigenvalue weighted by Crippen LogP contribution is 2.30. The first-order chi connectivity index (χ1) is 20.0. The van der Waals surface area contributed by atoms with E-state index >= 15 is 0 Å². The third-order valence-electron chi connectivity index (χ3n) is 6.95. The van der Waals surface area contributed by atoms with Crippen LogP contribution in [-0.2, 0) is 20.8 Å². The van der Waals surface area contributed by atoms with E-state index < -0.39 is 6.04 Å². The molecule has 2 unspecified atom stereocenters. The highest BCUT2D eigenvalue weighted by atomic mass is 35.5. The number of ether oxygens (including phenoxy) is 1. The average molecular weight is 599 g/mol. The predicted molar refractivity (Wildman–Crippen MR) is 165 cm³/mol. The Hall–Kier alpha value is -3.27. The van der Waals surface area contributed by atoms with Gasteiger partial charge < -0.3 is 25.5 Å². The molecule has 0 saturated carbocycles. The van der Waals surface area contributed by atoms with E-state index in [1.54, 1.807) is 11.3 Å². The zero-order valence-corrected chi connectivity index (χ0v) is 25.2. The first-order valence-electron chi connectivity index (χ1n) is 13.9. The van der Waals surface area contributed by atoms with Gasteiger partial charge in [-0.05, 0) is 62.4 Å². The number of hydrogen-bond acceptors (Lipinski definition) is 7. The first kappa shape index (κ1) is 32.2. The summed E-state index contributed by atoms with van der Waals surface area (Å²) in [6.07, 6.45) is 6.44. The smallest absolute Gasteiger partial charge is 0.222 e. The van der Waals surface area contributed by atoms with Gasteiger partial charge in [0, 0.05) is 19.0 Å². The molecule has 0 aliphatic carbocycles. The SMILES string of the molecule is CNC(CCC=O)COc1cccc(CCCCCNC(=O)CC(NC=O)c2ccc(-c3scnc3C)cc2)c1Cl. The number of benzene rings is 2. The molecule has 0 radical (unpaired) electrons. The molecule has 1 aromatic heterocycles. The molecule has 1 heterocycles. The minimum absolute atomic E-state index is 0.0821. The van der Waals surface area contributed by atoms with Gasteiger partial charge in [0.2, 0.25) is 12.3 Å². The van der Waals surface area contributed by atoms with Crippen LogP contribution in [0.3, 0.4) is 0 Å². The normalized spacial score (nSPS) is 12.4. The maximum atomic E-state index is 12.6. The number of halogens is 1. The molecule has 0 aliphatic rings. The van der Waals surface area contributed by atoms with Gasteiger partial charge >= 0.3 is 0 Å². The maximum Gasteiger partial charge on any atom is 0.222 e. The fourth-order valence-corrected chi connectivity index (χ4v) is 5.62. The summed E-state index contributed by atoms with van der Waals surface area (Å²) in [4.78, 5) is 39.8. The molecule has 0 saturated heterocycles. The highest BCUT2D eigenvalue weighted by molar-refractivity contribution is 7.13. The molecule has 8 nitrogen and oxygen atoms in total. The lowest BCUT2D eigenvalue weighted by molar-refractivity contribution is -0.121. The average Bonchev–Trinajstić information content (AvgIpc) is 3.42. The van der Waals surface area contributed by atoms with Gasteiger partial charge in [0.15, 0.2) is 0 Å². The van der Waals surface area contributed by atoms with Crippen molar-refractivity contribution < 1.29 is 19.1 Å². The summed E-state index contributed by atoms with van der Waals surface area (Å²) in [5.41, 5.74) is 5.78. The number of likely N-dealkylation sites (N-methyl/N-ethyl adjacent to an activating group) is 1. The third-order valence-corrected chi connectivity index (χ3v) is 8.36. The van der Waals surface area contributed by atoms with Gasteiger partial charge in [-0.3, -0.25) is 9.59 Å². The zero-order chi connectivity index (χ0) is 29.5. The summed E-state index contributed by atoms with van der Waals surface area (Å²) in [6, 6.07) is 13.4. The third kappa shape index (κ3) is 10.3. The van der Waals surface area contributed by atoms with Crippen LogP contribution in [0.5, 0.6) is 5.75 Å². The highest BCUT2D eigenvalue weighted by Gasteiger charge is 2.16. The van der Waals surface area contributed by atoms with Gasteiger partial charge in [-0.1, -0.05) is 54.4 Å². The van der Waals surface area contributed by atoms with Gasteiger partial charge in [-0.25, -0.2) is 4.98 Å². The number of nitrogens with zero attached hydrogens (tertiary/aromatic N) is 1. The predicted octanol–water partition coefficient (Wildman–Crippen LogP) is 5.42. The van der Waals surface area contributed by atoms with Crippen molar-refractivity contribution in [3.63, 3.8) is 0 Å². The molecule has 3 rings (SSSR count). The first-order valence-corrected chi connectivity index (χ1v) is 15.2. The van der Waals surface area contributed by atoms with Gasteiger partial charge in [0.25, 0.3) is 0 Å². The number of unbranched alkanes of at least 4 members (excludes halogenated alkanes) is 2. The van der Waals surface area contributed by atoms with E-state index in [0.717, 1.165) is 59.2 Å². The molecular weight excluding hydrogens is 560 g/mol. The van der Waals surface area contributed by atoms with Crippen LogP contribution in [0, 0.1) is 6.92 Å². The Kier molecular flexibility index (Phi) is 13.8. The number of nitrogens with one attached hydrogen (secondary N) is 3. The van der Waals surface area contributed by atoms with Crippen LogP contribution < -0.4 is 20.7 Å². The molecule has 3 N–H and O–H groups in total. The molecule has 220 valence electrons. The van der Waals surface area contributed by atoms with E-state index in [1.807, 2.05) is 61.9 Å². The minimum Gasteiger partial charge on any atom is -0.490 e. The van der Waals surface area contributed by atoms with Crippen LogP contribution in [0.25, 0.3) is 10.4 Å². The molecule has 3 aromatic rings. The molecule has 0 spiro atoms. The Bertz CT molecular complexity index is 1250. The number of rotatable bonds is 19. The fraction of sp³-hybridized carbons (Fsp3) is 0.419. The second-order valence-corrected chi connectivity index (χ2v) is 11.1. The summed E-state index contributed by atoms with van der Waals surface area (Å²) in [7, 11) is 1.85. The number of aldehydes is 1. The van der Waals surface area contributed by atoms with Gasteiger partial charge in [0.1, 0.15) is 18.6 Å². The molecule has 10 heteroatoms. The number of thiazole rings is 1. The van der Waals surface area contributed by atoms with Gasteiger partial charge in [0.05, 0.1) is 33.6 Å². The van der Waals surface area contributed by atoms with Crippen molar-refractivity contribution in [3.8, 4) is 16.2 Å². The Morgan fingerprint density at radius 2 is 1.93 bits per heavy atom. The van der Waals surface area contributed by atoms with Crippen LogP contribution in [0.1, 0.15) is 61.4 Å². The number of carbonyl (C=O) groups is 3. The lowest BCUT2D eigenvalue weighted by Crippen LogP contribution is -2.31. The number of amides is 2. The van der Waals surface area contributed by atoms with Crippen molar-refractivity contribution in [1.29, 1.82) is 0 Å². The van der Waals surface area contributed by atoms with Crippen molar-refractivity contribution in [1.82, 2.24) is 20.9 Å². The van der Waals surface area contributed by atoms with Crippen LogP contribution in [0.15, 0.2) is 48.0 Å². The summed E-state index contributed by atoms with van der Waals surface area (Å²) in [5, 5.41) is 9.52. The van der Waals surface area contributed by atoms with Crippen molar-refractivity contribution in [2.24, 2.45) is 0 Å². The van der Waals surface area contributed by atoms with E-state index in [0.29, 0.717) is 43.2 Å². The van der Waals surface area contributed by atoms with Crippen molar-refractivity contribution in [2.45, 2.75) is 64.0 Å². The Morgan fingerprint density at radius 3 is 2.61 bits per heavy atom. The zero-order valence-electron chi connectivity index (χ0n) is 23.7. The monoisotopic (exact) mass is 598 g/mol. The van der Waals surface area contributed by atoms with E-state index in [4.69, 9.17) is 16.3 Å². The second-order valence-electron chi connectivity index (χ2n) is 9.86. The Labute approximate surface area is 251 Å². The lowest BCUT2D eigenvalue weighted by Gasteiger charge is -2.17. The van der Waals surface area contributed by atoms with Crippen molar-refractivity contribution in [3.05, 3.63) is 69.8 Å². The van der Waals surface area contributed by atoms with Crippen LogP contribution in [-0.4, -0.2) is 49.8 Å². The van der Waals surface area contributed by atoms with Crippen molar-refractivity contribution >= 4 is 41.5 Å². The summed E-state index contributed by atoms with van der Waals surface area (Å²) < 4.78 is 5.92. The number of carbonyl (C=O) groups excluding carboxylic acids is 3. The van der Waals surface area contributed by atoms with E-state index in [1.165, 1.54) is 0 Å². The molecule has 41 heavy (non-hydrogen) atoms. The Morgan fingerprint density at radius 1 is 1.12 bits per heavy atom. The minimum atomic E-state index is -0.394. The largest absolute Gasteiger partial charge is 0.490 e. The number of aryl methyl sites for hydroxylation is 2. The summed E-state index contributed by atoms with van der Waals surface area (Å²) in [5.74, 6) is 0.544. The second kappa shape index (κ2) is 17.5. The molecule has 0 aliphatic heterocycles. The Balaban J connectivity index is 1.39. The summed E-state index contributed by atoms with van der Waals surface area (Å²) in [6.45, 7) is 2.98. The van der Waals surface area contributed by atoms with Crippen LogP contribution >= 0.6 is 22.9 Å². The quantitative estimate of drug-likeness (QED) is 0.125. The van der Waals surface area contributed by atoms with E-state index in [-0.39, 0.29) is 18.4 Å². The molecule has 0 bridgehead atoms. The number of aromatic nitrogens is 1. The summed E-state index contributed by atoms with van der Waals surface area (Å²) >= 11 is 8.18. The molecule has 2 aromatic carbocycles. The molecular formula is C31H39ClN4O4S. The molecule has 2 atom stereocenters. The lowest BCUT2D eigenvalue weighted by atomic mass is 10.0. The van der Waals surface area contributed by atoms with Crippen LogP contribution in [0.2, 0.25) is 5.02 Å². The van der Waals surface area contributed by atoms with E-state index in [2.05, 4.69) is 20.9 Å². The molecule has 0 fully saturated rings. The maximum absolute atomic E-state index is 12.6. The van der Waals surface area contributed by atoms with Crippen LogP contribution in [0.4, 0.5) is 0 Å². The van der Waals surface area contributed by atoms with Gasteiger partial charge in [-0.15, -0.1) is 11.3 Å². The van der Waals surface area contributed by atoms with Crippen molar-refractivity contribution in [2.75, 3.05) is 20.2 Å². The fourth-order valence-electron chi connectivity index (χ4n) is 4.53.